The van der Waals surface area contributed by atoms with Crippen LogP contribution >= 0.6 is 0 Å². The Hall–Kier alpha value is -1.94. The second-order valence-electron chi connectivity index (χ2n) is 4.78. The number of hydrogen-bond acceptors (Lipinski definition) is 4. The van der Waals surface area contributed by atoms with Crippen LogP contribution < -0.4 is 10.1 Å². The van der Waals surface area contributed by atoms with Gasteiger partial charge in [-0.2, -0.15) is 0 Å². The maximum absolute atomic E-state index is 5.75. The molecule has 1 fully saturated rings. The minimum Gasteiger partial charge on any atom is -0.490 e. The van der Waals surface area contributed by atoms with E-state index in [4.69, 9.17) is 4.74 Å². The zero-order chi connectivity index (χ0) is 13.1. The predicted octanol–water partition coefficient (Wildman–Crippen LogP) is 2.33. The first kappa shape index (κ1) is 12.1. The van der Waals surface area contributed by atoms with Crippen molar-refractivity contribution in [2.24, 2.45) is 0 Å². The van der Waals surface area contributed by atoms with E-state index in [1.807, 2.05) is 31.6 Å². The Morgan fingerprint density at radius 3 is 2.37 bits per heavy atom. The minimum atomic E-state index is 0.108. The zero-order valence-electron chi connectivity index (χ0n) is 10.9. The molecule has 1 heterocycles. The van der Waals surface area contributed by atoms with Crippen LogP contribution in [0.2, 0.25) is 0 Å². The van der Waals surface area contributed by atoms with E-state index in [-0.39, 0.29) is 6.04 Å². The standard InChI is InChI=1S/C15H17N3O/c1-16-15(12-8-17-10-18-9-12)11-2-4-13(5-3-11)19-14-6-7-14/h2-5,8-10,14-16H,6-7H2,1H3. The maximum atomic E-state index is 5.75. The molecule has 0 radical (unpaired) electrons. The summed E-state index contributed by atoms with van der Waals surface area (Å²) in [6.07, 6.45) is 8.02. The highest BCUT2D eigenvalue weighted by Crippen LogP contribution is 2.28. The number of hydrogen-bond donors (Lipinski definition) is 1. The molecule has 1 unspecified atom stereocenters. The topological polar surface area (TPSA) is 47.0 Å². The summed E-state index contributed by atoms with van der Waals surface area (Å²) in [5.41, 5.74) is 2.24. The van der Waals surface area contributed by atoms with Crippen molar-refractivity contribution in [1.29, 1.82) is 0 Å². The van der Waals surface area contributed by atoms with Crippen molar-refractivity contribution >= 4 is 0 Å². The second kappa shape index (κ2) is 5.36. The Morgan fingerprint density at radius 2 is 1.79 bits per heavy atom. The highest BCUT2D eigenvalue weighted by molar-refractivity contribution is 5.34. The fourth-order valence-electron chi connectivity index (χ4n) is 2.10. The van der Waals surface area contributed by atoms with E-state index in [2.05, 4.69) is 27.4 Å². The first-order valence-corrected chi connectivity index (χ1v) is 6.55. The van der Waals surface area contributed by atoms with Crippen LogP contribution in [0.1, 0.15) is 30.0 Å². The highest BCUT2D eigenvalue weighted by Gasteiger charge is 2.23. The van der Waals surface area contributed by atoms with Gasteiger partial charge in [0.25, 0.3) is 0 Å². The van der Waals surface area contributed by atoms with Crippen molar-refractivity contribution in [3.8, 4) is 5.75 Å². The van der Waals surface area contributed by atoms with Crippen molar-refractivity contribution in [2.75, 3.05) is 7.05 Å². The molecule has 3 rings (SSSR count). The number of nitrogens with zero attached hydrogens (tertiary/aromatic N) is 2. The molecule has 98 valence electrons. The van der Waals surface area contributed by atoms with Crippen LogP contribution in [0.4, 0.5) is 0 Å². The Morgan fingerprint density at radius 1 is 1.11 bits per heavy atom. The summed E-state index contributed by atoms with van der Waals surface area (Å²) in [5, 5.41) is 3.29. The summed E-state index contributed by atoms with van der Waals surface area (Å²) >= 11 is 0. The van der Waals surface area contributed by atoms with Crippen LogP contribution in [0.3, 0.4) is 0 Å². The van der Waals surface area contributed by atoms with Crippen molar-refractivity contribution < 1.29 is 4.74 Å². The molecule has 4 heteroatoms. The van der Waals surface area contributed by atoms with Gasteiger partial charge in [-0.1, -0.05) is 12.1 Å². The molecule has 0 saturated heterocycles. The molecule has 2 aromatic rings. The van der Waals surface area contributed by atoms with Crippen LogP contribution in [0, 0.1) is 0 Å². The third-order valence-electron chi connectivity index (χ3n) is 3.24. The molecule has 1 saturated carbocycles. The zero-order valence-corrected chi connectivity index (χ0v) is 10.9. The van der Waals surface area contributed by atoms with Crippen molar-refractivity contribution in [1.82, 2.24) is 15.3 Å². The lowest BCUT2D eigenvalue weighted by Gasteiger charge is -2.16. The van der Waals surface area contributed by atoms with Gasteiger partial charge >= 0.3 is 0 Å². The second-order valence-corrected chi connectivity index (χ2v) is 4.78. The Balaban J connectivity index is 1.79. The first-order chi connectivity index (χ1) is 9.36. The van der Waals surface area contributed by atoms with Gasteiger partial charge in [0.2, 0.25) is 0 Å². The van der Waals surface area contributed by atoms with Crippen LogP contribution in [0.25, 0.3) is 0 Å². The summed E-state index contributed by atoms with van der Waals surface area (Å²) in [6.45, 7) is 0. The minimum absolute atomic E-state index is 0.108. The lowest BCUT2D eigenvalue weighted by Crippen LogP contribution is -2.18. The molecule has 1 aromatic carbocycles. The summed E-state index contributed by atoms with van der Waals surface area (Å²) in [7, 11) is 1.94. The summed E-state index contributed by atoms with van der Waals surface area (Å²) in [6, 6.07) is 8.35. The Bertz CT molecular complexity index is 523. The van der Waals surface area contributed by atoms with Gasteiger partial charge in [0.1, 0.15) is 12.1 Å². The van der Waals surface area contributed by atoms with Crippen LogP contribution in [-0.2, 0) is 0 Å². The Labute approximate surface area is 112 Å². The normalized spacial score (nSPS) is 16.1. The molecule has 1 aliphatic rings. The Kier molecular flexibility index (Phi) is 3.42. The average Bonchev–Trinajstić information content (AvgIpc) is 3.27. The summed E-state index contributed by atoms with van der Waals surface area (Å²) in [5.74, 6) is 0.949. The van der Waals surface area contributed by atoms with E-state index in [0.29, 0.717) is 6.10 Å². The molecule has 0 amide bonds. The van der Waals surface area contributed by atoms with Crippen molar-refractivity contribution in [2.45, 2.75) is 25.0 Å². The largest absolute Gasteiger partial charge is 0.490 e. The SMILES string of the molecule is CNC(c1ccc(OC2CC2)cc1)c1cncnc1. The molecule has 1 N–H and O–H groups in total. The van der Waals surface area contributed by atoms with Gasteiger partial charge in [0.15, 0.2) is 0 Å². The smallest absolute Gasteiger partial charge is 0.119 e. The molecular formula is C15H17N3O. The molecular weight excluding hydrogens is 238 g/mol. The van der Waals surface area contributed by atoms with E-state index >= 15 is 0 Å². The van der Waals surface area contributed by atoms with E-state index in [1.165, 1.54) is 18.4 Å². The van der Waals surface area contributed by atoms with E-state index in [1.54, 1.807) is 6.33 Å². The van der Waals surface area contributed by atoms with Crippen molar-refractivity contribution in [3.63, 3.8) is 0 Å². The fraction of sp³-hybridized carbons (Fsp3) is 0.333. The van der Waals surface area contributed by atoms with Gasteiger partial charge in [-0.25, -0.2) is 9.97 Å². The van der Waals surface area contributed by atoms with Gasteiger partial charge < -0.3 is 10.1 Å². The van der Waals surface area contributed by atoms with Gasteiger partial charge in [-0.05, 0) is 37.6 Å². The predicted molar refractivity (Wildman–Crippen MR) is 73.0 cm³/mol. The van der Waals surface area contributed by atoms with Gasteiger partial charge in [-0.3, -0.25) is 0 Å². The molecule has 0 spiro atoms. The number of aromatic nitrogens is 2. The number of benzene rings is 1. The molecule has 4 nitrogen and oxygen atoms in total. The third kappa shape index (κ3) is 2.90. The van der Waals surface area contributed by atoms with Crippen molar-refractivity contribution in [3.05, 3.63) is 54.1 Å². The number of nitrogens with one attached hydrogen (secondary N) is 1. The number of rotatable bonds is 5. The van der Waals surface area contributed by atoms with Crippen LogP contribution in [-0.4, -0.2) is 23.1 Å². The third-order valence-corrected chi connectivity index (χ3v) is 3.24. The van der Waals surface area contributed by atoms with Crippen LogP contribution in [0.5, 0.6) is 5.75 Å². The molecule has 0 aliphatic heterocycles. The van der Waals surface area contributed by atoms with Gasteiger partial charge in [0, 0.05) is 18.0 Å². The first-order valence-electron chi connectivity index (χ1n) is 6.55. The molecule has 1 aromatic heterocycles. The summed E-state index contributed by atoms with van der Waals surface area (Å²) < 4.78 is 5.75. The van der Waals surface area contributed by atoms with E-state index in [0.717, 1.165) is 11.3 Å². The fourth-order valence-corrected chi connectivity index (χ4v) is 2.10. The maximum Gasteiger partial charge on any atom is 0.119 e. The highest BCUT2D eigenvalue weighted by atomic mass is 16.5. The molecule has 0 bridgehead atoms. The average molecular weight is 255 g/mol. The van der Waals surface area contributed by atoms with Gasteiger partial charge in [0.05, 0.1) is 12.1 Å². The quantitative estimate of drug-likeness (QED) is 0.890. The van der Waals surface area contributed by atoms with Crippen LogP contribution in [0.15, 0.2) is 43.0 Å². The lowest BCUT2D eigenvalue weighted by molar-refractivity contribution is 0.303. The monoisotopic (exact) mass is 255 g/mol. The molecule has 19 heavy (non-hydrogen) atoms. The summed E-state index contributed by atoms with van der Waals surface area (Å²) in [4.78, 5) is 8.14. The van der Waals surface area contributed by atoms with E-state index in [9.17, 15) is 0 Å². The number of ether oxygens (including phenoxy) is 1. The molecule has 1 aliphatic carbocycles. The van der Waals surface area contributed by atoms with Gasteiger partial charge in [-0.15, -0.1) is 0 Å². The lowest BCUT2D eigenvalue weighted by atomic mass is 10.0. The van der Waals surface area contributed by atoms with E-state index < -0.39 is 0 Å². The molecule has 1 atom stereocenters.